The zero-order chi connectivity index (χ0) is 19.4. The number of carbonyl (C=O) groups excluding carboxylic acids is 1. The number of carbonyl (C=O) groups is 1. The summed E-state index contributed by atoms with van der Waals surface area (Å²) in [4.78, 5) is 23.4. The zero-order valence-corrected chi connectivity index (χ0v) is 16.6. The minimum atomic E-state index is 0.119. The van der Waals surface area contributed by atoms with Gasteiger partial charge < -0.3 is 14.4 Å². The van der Waals surface area contributed by atoms with Gasteiger partial charge in [0, 0.05) is 47.1 Å². The Kier molecular flexibility index (Phi) is 3.99. The topological polar surface area (TPSA) is 75.0 Å². The fraction of sp³-hybridized carbons (Fsp3) is 0.522. The first-order valence-electron chi connectivity index (χ1n) is 11.0. The second-order valence-corrected chi connectivity index (χ2v) is 8.90. The molecule has 1 aliphatic heterocycles. The Bertz CT molecular complexity index is 1080. The van der Waals surface area contributed by atoms with Gasteiger partial charge in [-0.15, -0.1) is 0 Å². The predicted molar refractivity (Wildman–Crippen MR) is 109 cm³/mol. The lowest BCUT2D eigenvalue weighted by Crippen LogP contribution is -2.39. The highest BCUT2D eigenvalue weighted by molar-refractivity contribution is 5.99. The van der Waals surface area contributed by atoms with E-state index in [0.29, 0.717) is 12.5 Å². The van der Waals surface area contributed by atoms with Crippen LogP contribution in [-0.2, 0) is 12.8 Å². The van der Waals surface area contributed by atoms with E-state index in [2.05, 4.69) is 27.3 Å². The summed E-state index contributed by atoms with van der Waals surface area (Å²) in [5, 5.41) is 5.45. The predicted octanol–water partition coefficient (Wildman–Crippen LogP) is 4.33. The average Bonchev–Trinajstić information content (AvgIpc) is 3.38. The third kappa shape index (κ3) is 3.05. The number of fused-ring (bicyclic) bond motifs is 3. The summed E-state index contributed by atoms with van der Waals surface area (Å²) in [5.74, 6) is 2.32. The molecule has 3 heterocycles. The van der Waals surface area contributed by atoms with Gasteiger partial charge in [-0.05, 0) is 75.1 Å². The Labute approximate surface area is 169 Å². The zero-order valence-electron chi connectivity index (χ0n) is 16.6. The molecule has 1 aromatic carbocycles. The van der Waals surface area contributed by atoms with Gasteiger partial charge in [0.2, 0.25) is 5.89 Å². The third-order valence-electron chi connectivity index (χ3n) is 6.80. The smallest absolute Gasteiger partial charge is 0.253 e. The van der Waals surface area contributed by atoms with Gasteiger partial charge in [0.05, 0.1) is 0 Å². The van der Waals surface area contributed by atoms with Crippen LogP contribution in [0.3, 0.4) is 0 Å². The van der Waals surface area contributed by atoms with Crippen molar-refractivity contribution >= 4 is 16.8 Å². The maximum Gasteiger partial charge on any atom is 0.253 e. The van der Waals surface area contributed by atoms with Crippen molar-refractivity contribution in [3.63, 3.8) is 0 Å². The first-order valence-corrected chi connectivity index (χ1v) is 11.0. The lowest BCUT2D eigenvalue weighted by Gasteiger charge is -2.31. The van der Waals surface area contributed by atoms with Crippen LogP contribution in [0.15, 0.2) is 22.7 Å². The van der Waals surface area contributed by atoms with E-state index in [1.54, 1.807) is 0 Å². The van der Waals surface area contributed by atoms with Gasteiger partial charge in [-0.1, -0.05) is 5.16 Å². The molecule has 0 bridgehead atoms. The Morgan fingerprint density at radius 1 is 1.10 bits per heavy atom. The maximum atomic E-state index is 13.3. The molecule has 29 heavy (non-hydrogen) atoms. The second kappa shape index (κ2) is 6.71. The number of hydrogen-bond acceptors (Lipinski definition) is 4. The fourth-order valence-electron chi connectivity index (χ4n) is 5.00. The molecule has 1 saturated heterocycles. The molecule has 2 aliphatic carbocycles. The largest absolute Gasteiger partial charge is 0.358 e. The summed E-state index contributed by atoms with van der Waals surface area (Å²) in [6.45, 7) is 1.47. The molecule has 2 aromatic heterocycles. The van der Waals surface area contributed by atoms with Crippen molar-refractivity contribution in [2.45, 2.75) is 63.2 Å². The Morgan fingerprint density at radius 3 is 2.90 bits per heavy atom. The van der Waals surface area contributed by atoms with Crippen LogP contribution in [0.25, 0.3) is 10.9 Å². The van der Waals surface area contributed by atoms with E-state index in [1.165, 1.54) is 29.5 Å². The Balaban J connectivity index is 1.24. The SMILES string of the molecule is O=C(c1ccc2[nH]c3c(c2c1)CCCC3)N1CCCC(c2noc(C3CC3)n2)C1. The molecule has 6 rings (SSSR count). The molecule has 6 heteroatoms. The number of nitrogens with zero attached hydrogens (tertiary/aromatic N) is 3. The van der Waals surface area contributed by atoms with Gasteiger partial charge in [0.25, 0.3) is 5.91 Å². The van der Waals surface area contributed by atoms with E-state index in [1.807, 2.05) is 11.0 Å². The van der Waals surface area contributed by atoms with E-state index in [0.717, 1.165) is 67.9 Å². The van der Waals surface area contributed by atoms with Crippen molar-refractivity contribution in [3.8, 4) is 0 Å². The molecule has 1 atom stereocenters. The minimum Gasteiger partial charge on any atom is -0.358 e. The molecule has 0 spiro atoms. The molecule has 150 valence electrons. The lowest BCUT2D eigenvalue weighted by atomic mass is 9.94. The van der Waals surface area contributed by atoms with E-state index < -0.39 is 0 Å². The number of aromatic amines is 1. The lowest BCUT2D eigenvalue weighted by molar-refractivity contribution is 0.0704. The molecular formula is C23H26N4O2. The summed E-state index contributed by atoms with van der Waals surface area (Å²) in [7, 11) is 0. The van der Waals surface area contributed by atoms with Gasteiger partial charge in [-0.25, -0.2) is 0 Å². The van der Waals surface area contributed by atoms with Crippen LogP contribution in [0.2, 0.25) is 0 Å². The average molecular weight is 390 g/mol. The molecule has 6 nitrogen and oxygen atoms in total. The molecular weight excluding hydrogens is 364 g/mol. The highest BCUT2D eigenvalue weighted by Gasteiger charge is 2.33. The number of aryl methyl sites for hydroxylation is 2. The first kappa shape index (κ1) is 17.2. The number of rotatable bonds is 3. The summed E-state index contributed by atoms with van der Waals surface area (Å²) in [5.41, 5.74) is 4.72. The number of aromatic nitrogens is 3. The standard InChI is InChI=1S/C23H26N4O2/c28-23(15-9-10-20-18(12-15)17-5-1-2-6-19(17)24-20)27-11-3-4-16(13-27)21-25-22(29-26-21)14-7-8-14/h9-10,12,14,16,24H,1-8,11,13H2. The summed E-state index contributed by atoms with van der Waals surface area (Å²) in [6.07, 6.45) is 9.02. The van der Waals surface area contributed by atoms with Gasteiger partial charge in [0.15, 0.2) is 5.82 Å². The van der Waals surface area contributed by atoms with Crippen molar-refractivity contribution in [3.05, 3.63) is 46.7 Å². The normalized spacial score (nSPS) is 22.1. The number of H-pyrrole nitrogens is 1. The highest BCUT2D eigenvalue weighted by Crippen LogP contribution is 2.39. The monoisotopic (exact) mass is 390 g/mol. The summed E-state index contributed by atoms with van der Waals surface area (Å²) in [6, 6.07) is 6.14. The number of piperidine rings is 1. The van der Waals surface area contributed by atoms with Crippen molar-refractivity contribution in [2.75, 3.05) is 13.1 Å². The summed E-state index contributed by atoms with van der Waals surface area (Å²) >= 11 is 0. The van der Waals surface area contributed by atoms with E-state index >= 15 is 0 Å². The second-order valence-electron chi connectivity index (χ2n) is 8.90. The third-order valence-corrected chi connectivity index (χ3v) is 6.80. The van der Waals surface area contributed by atoms with Crippen LogP contribution in [0, 0.1) is 0 Å². The van der Waals surface area contributed by atoms with Gasteiger partial charge in [-0.3, -0.25) is 4.79 Å². The van der Waals surface area contributed by atoms with Crippen LogP contribution >= 0.6 is 0 Å². The van der Waals surface area contributed by atoms with E-state index in [-0.39, 0.29) is 11.8 Å². The van der Waals surface area contributed by atoms with Crippen LogP contribution in [0.1, 0.15) is 83.7 Å². The molecule has 3 aliphatic rings. The quantitative estimate of drug-likeness (QED) is 0.722. The Hall–Kier alpha value is -2.63. The molecule has 1 saturated carbocycles. The molecule has 1 unspecified atom stereocenters. The highest BCUT2D eigenvalue weighted by atomic mass is 16.5. The van der Waals surface area contributed by atoms with Gasteiger partial charge in [-0.2, -0.15) is 4.98 Å². The number of hydrogen-bond donors (Lipinski definition) is 1. The van der Waals surface area contributed by atoms with E-state index in [9.17, 15) is 4.79 Å². The van der Waals surface area contributed by atoms with Gasteiger partial charge >= 0.3 is 0 Å². The number of nitrogens with one attached hydrogen (secondary N) is 1. The molecule has 1 amide bonds. The van der Waals surface area contributed by atoms with Crippen LogP contribution in [0.5, 0.6) is 0 Å². The summed E-state index contributed by atoms with van der Waals surface area (Å²) < 4.78 is 5.45. The molecule has 3 aromatic rings. The Morgan fingerprint density at radius 2 is 2.00 bits per heavy atom. The number of benzene rings is 1. The number of likely N-dealkylation sites (tertiary alicyclic amines) is 1. The fourth-order valence-corrected chi connectivity index (χ4v) is 5.00. The van der Waals surface area contributed by atoms with Crippen molar-refractivity contribution in [2.24, 2.45) is 0 Å². The maximum absolute atomic E-state index is 13.3. The molecule has 2 fully saturated rings. The number of amides is 1. The van der Waals surface area contributed by atoms with Crippen molar-refractivity contribution in [1.82, 2.24) is 20.0 Å². The first-order chi connectivity index (χ1) is 14.3. The van der Waals surface area contributed by atoms with Gasteiger partial charge in [0.1, 0.15) is 0 Å². The van der Waals surface area contributed by atoms with Crippen LogP contribution in [-0.4, -0.2) is 39.0 Å². The van der Waals surface area contributed by atoms with Crippen LogP contribution in [0.4, 0.5) is 0 Å². The van der Waals surface area contributed by atoms with E-state index in [4.69, 9.17) is 4.52 Å². The molecule has 1 N–H and O–H groups in total. The molecule has 0 radical (unpaired) electrons. The van der Waals surface area contributed by atoms with Crippen molar-refractivity contribution < 1.29 is 9.32 Å². The van der Waals surface area contributed by atoms with Crippen molar-refractivity contribution in [1.29, 1.82) is 0 Å². The minimum absolute atomic E-state index is 0.119. The van der Waals surface area contributed by atoms with Crippen LogP contribution < -0.4 is 0 Å².